The predicted molar refractivity (Wildman–Crippen MR) is 81.6 cm³/mol. The molecule has 8 nitrogen and oxygen atoms in total. The fourth-order valence-electron chi connectivity index (χ4n) is 2.04. The van der Waals surface area contributed by atoms with Crippen LogP contribution in [0, 0.1) is 0 Å². The third-order valence-electron chi connectivity index (χ3n) is 3.24. The van der Waals surface area contributed by atoms with Crippen LogP contribution >= 0.6 is 0 Å². The maximum absolute atomic E-state index is 12.4. The van der Waals surface area contributed by atoms with E-state index in [1.54, 1.807) is 0 Å². The predicted octanol–water partition coefficient (Wildman–Crippen LogP) is -0.805. The lowest BCUT2D eigenvalue weighted by Crippen LogP contribution is -2.40. The molecule has 0 saturated carbocycles. The molecule has 1 aliphatic heterocycles. The van der Waals surface area contributed by atoms with Gasteiger partial charge in [-0.05, 0) is 24.3 Å². The van der Waals surface area contributed by atoms with Crippen LogP contribution in [0.5, 0.6) is 5.75 Å². The van der Waals surface area contributed by atoms with Gasteiger partial charge in [0.15, 0.2) is 6.61 Å². The number of nitrogens with zero attached hydrogens (tertiary/aromatic N) is 1. The van der Waals surface area contributed by atoms with E-state index in [1.165, 1.54) is 28.6 Å². The monoisotopic (exact) mass is 344 g/mol. The highest BCUT2D eigenvalue weighted by Gasteiger charge is 2.26. The average Bonchev–Trinajstić information content (AvgIpc) is 2.59. The van der Waals surface area contributed by atoms with Crippen molar-refractivity contribution in [2.75, 3.05) is 46.1 Å². The minimum atomic E-state index is -3.53. The van der Waals surface area contributed by atoms with Gasteiger partial charge in [0.1, 0.15) is 5.75 Å². The quantitative estimate of drug-likeness (QED) is 0.671. The normalized spacial score (nSPS) is 16.0. The molecule has 0 bridgehead atoms. The first-order valence-electron chi connectivity index (χ1n) is 7.22. The summed E-state index contributed by atoms with van der Waals surface area (Å²) in [6, 6.07) is 5.91. The summed E-state index contributed by atoms with van der Waals surface area (Å²) in [7, 11) is -3.53. The molecule has 0 aliphatic carbocycles. The number of ether oxygens (including phenoxy) is 2. The minimum absolute atomic E-state index is 0.139. The third-order valence-corrected chi connectivity index (χ3v) is 5.15. The number of morpholine rings is 1. The van der Waals surface area contributed by atoms with Crippen molar-refractivity contribution in [2.24, 2.45) is 0 Å². The Morgan fingerprint density at radius 2 is 1.91 bits per heavy atom. The van der Waals surface area contributed by atoms with Crippen LogP contribution in [0.1, 0.15) is 0 Å². The highest BCUT2D eigenvalue weighted by atomic mass is 32.2. The first-order chi connectivity index (χ1) is 11.0. The molecule has 0 aromatic heterocycles. The van der Waals surface area contributed by atoms with Crippen LogP contribution < -0.4 is 10.1 Å². The summed E-state index contributed by atoms with van der Waals surface area (Å²) in [5.41, 5.74) is 0. The Bertz CT molecular complexity index is 611. The summed E-state index contributed by atoms with van der Waals surface area (Å²) in [5, 5.41) is 11.0. The lowest BCUT2D eigenvalue weighted by molar-refractivity contribution is -0.123. The van der Waals surface area contributed by atoms with E-state index in [0.29, 0.717) is 32.1 Å². The van der Waals surface area contributed by atoms with Crippen LogP contribution in [0.4, 0.5) is 0 Å². The second-order valence-corrected chi connectivity index (χ2v) is 6.79. The second kappa shape index (κ2) is 8.25. The molecule has 0 atom stereocenters. The number of nitrogens with one attached hydrogen (secondary N) is 1. The van der Waals surface area contributed by atoms with Gasteiger partial charge in [-0.3, -0.25) is 4.79 Å². The molecular weight excluding hydrogens is 324 g/mol. The highest BCUT2D eigenvalue weighted by molar-refractivity contribution is 7.89. The van der Waals surface area contributed by atoms with Gasteiger partial charge in [0.25, 0.3) is 5.91 Å². The molecule has 2 N–H and O–H groups in total. The first-order valence-corrected chi connectivity index (χ1v) is 8.66. The fourth-order valence-corrected chi connectivity index (χ4v) is 3.45. The van der Waals surface area contributed by atoms with Crippen LogP contribution in [-0.4, -0.2) is 69.8 Å². The van der Waals surface area contributed by atoms with E-state index in [0.717, 1.165) is 0 Å². The number of hydrogen-bond acceptors (Lipinski definition) is 6. The van der Waals surface area contributed by atoms with Crippen molar-refractivity contribution in [1.29, 1.82) is 0 Å². The van der Waals surface area contributed by atoms with Gasteiger partial charge >= 0.3 is 0 Å². The summed E-state index contributed by atoms with van der Waals surface area (Å²) in [6.07, 6.45) is 0. The van der Waals surface area contributed by atoms with Gasteiger partial charge in [-0.1, -0.05) is 0 Å². The molecule has 1 saturated heterocycles. The van der Waals surface area contributed by atoms with Crippen molar-refractivity contribution in [2.45, 2.75) is 4.90 Å². The molecular formula is C14H20N2O6S. The van der Waals surface area contributed by atoms with Gasteiger partial charge in [-0.15, -0.1) is 0 Å². The molecule has 2 rings (SSSR count). The number of benzene rings is 1. The fraction of sp³-hybridized carbons (Fsp3) is 0.500. The van der Waals surface area contributed by atoms with Crippen LogP contribution in [0.2, 0.25) is 0 Å². The number of aliphatic hydroxyl groups is 1. The van der Waals surface area contributed by atoms with E-state index in [4.69, 9.17) is 14.6 Å². The third kappa shape index (κ3) is 4.90. The van der Waals surface area contributed by atoms with Gasteiger partial charge in [0, 0.05) is 19.6 Å². The second-order valence-electron chi connectivity index (χ2n) is 4.85. The lowest BCUT2D eigenvalue weighted by atomic mass is 10.3. The van der Waals surface area contributed by atoms with Crippen molar-refractivity contribution in [3.63, 3.8) is 0 Å². The Balaban J connectivity index is 1.94. The van der Waals surface area contributed by atoms with Crippen LogP contribution in [0.3, 0.4) is 0 Å². The number of aliphatic hydroxyl groups excluding tert-OH is 1. The highest BCUT2D eigenvalue weighted by Crippen LogP contribution is 2.20. The Labute approximate surface area is 135 Å². The number of rotatable bonds is 7. The minimum Gasteiger partial charge on any atom is -0.484 e. The molecule has 1 aliphatic rings. The standard InChI is InChI=1S/C14H20N2O6S/c17-8-5-15-14(18)11-22-12-1-3-13(4-2-12)23(19,20)16-6-9-21-10-7-16/h1-4,17H,5-11H2,(H,15,18). The summed E-state index contributed by atoms with van der Waals surface area (Å²) in [6.45, 7) is 1.29. The Kier molecular flexibility index (Phi) is 6.34. The van der Waals surface area contributed by atoms with Crippen molar-refractivity contribution >= 4 is 15.9 Å². The van der Waals surface area contributed by atoms with E-state index in [-0.39, 0.29) is 30.6 Å². The number of carbonyl (C=O) groups excluding carboxylic acids is 1. The van der Waals surface area contributed by atoms with Crippen LogP contribution in [0.15, 0.2) is 29.2 Å². The van der Waals surface area contributed by atoms with Crippen molar-refractivity contribution in [3.8, 4) is 5.75 Å². The van der Waals surface area contributed by atoms with Gasteiger partial charge < -0.3 is 19.9 Å². The average molecular weight is 344 g/mol. The summed E-state index contributed by atoms with van der Waals surface area (Å²) >= 11 is 0. The van der Waals surface area contributed by atoms with E-state index >= 15 is 0 Å². The SMILES string of the molecule is O=C(COc1ccc(S(=O)(=O)N2CCOCC2)cc1)NCCO. The van der Waals surface area contributed by atoms with Crippen molar-refractivity contribution < 1.29 is 27.8 Å². The molecule has 0 radical (unpaired) electrons. The molecule has 1 aromatic carbocycles. The van der Waals surface area contributed by atoms with E-state index < -0.39 is 10.0 Å². The summed E-state index contributed by atoms with van der Waals surface area (Å²) in [4.78, 5) is 11.5. The van der Waals surface area contributed by atoms with Crippen LogP contribution in [-0.2, 0) is 19.6 Å². The molecule has 9 heteroatoms. The molecule has 0 unspecified atom stereocenters. The smallest absolute Gasteiger partial charge is 0.258 e. The number of sulfonamides is 1. The molecule has 128 valence electrons. The Morgan fingerprint density at radius 3 is 2.52 bits per heavy atom. The van der Waals surface area contributed by atoms with Gasteiger partial charge in [-0.25, -0.2) is 8.42 Å². The zero-order chi connectivity index (χ0) is 16.7. The number of hydrogen-bond donors (Lipinski definition) is 2. The Morgan fingerprint density at radius 1 is 1.26 bits per heavy atom. The number of amides is 1. The van der Waals surface area contributed by atoms with E-state index in [2.05, 4.69) is 5.32 Å². The summed E-state index contributed by atoms with van der Waals surface area (Å²) < 4.78 is 36.6. The maximum atomic E-state index is 12.4. The van der Waals surface area contributed by atoms with Crippen molar-refractivity contribution in [3.05, 3.63) is 24.3 Å². The molecule has 1 aromatic rings. The Hall–Kier alpha value is -1.68. The lowest BCUT2D eigenvalue weighted by Gasteiger charge is -2.26. The van der Waals surface area contributed by atoms with E-state index in [9.17, 15) is 13.2 Å². The first kappa shape index (κ1) is 17.7. The number of carbonyl (C=O) groups is 1. The summed E-state index contributed by atoms with van der Waals surface area (Å²) in [5.74, 6) is 0.0362. The molecule has 1 amide bonds. The van der Waals surface area contributed by atoms with Crippen LogP contribution in [0.25, 0.3) is 0 Å². The molecule has 23 heavy (non-hydrogen) atoms. The van der Waals surface area contributed by atoms with E-state index in [1.807, 2.05) is 0 Å². The topological polar surface area (TPSA) is 105 Å². The maximum Gasteiger partial charge on any atom is 0.258 e. The molecule has 1 fully saturated rings. The van der Waals surface area contributed by atoms with Crippen molar-refractivity contribution in [1.82, 2.24) is 9.62 Å². The zero-order valence-electron chi connectivity index (χ0n) is 12.6. The molecule has 1 heterocycles. The molecule has 0 spiro atoms. The zero-order valence-corrected chi connectivity index (χ0v) is 13.4. The largest absolute Gasteiger partial charge is 0.484 e. The van der Waals surface area contributed by atoms with Gasteiger partial charge in [-0.2, -0.15) is 4.31 Å². The van der Waals surface area contributed by atoms with Gasteiger partial charge in [0.05, 0.1) is 24.7 Å². The van der Waals surface area contributed by atoms with Gasteiger partial charge in [0.2, 0.25) is 10.0 Å².